The standard InChI is InChI=1S/C20H16N2/c21-16-8-6-14-7-9-17-19(18(14)12-16)10-15(11-20(17)22)13-4-2-1-3-5-13/h1-12H,21-22H2. The van der Waals surface area contributed by atoms with E-state index in [2.05, 4.69) is 36.4 Å². The minimum atomic E-state index is 0.767. The zero-order valence-corrected chi connectivity index (χ0v) is 12.1. The molecular formula is C20H16N2. The highest BCUT2D eigenvalue weighted by molar-refractivity contribution is 6.13. The molecule has 0 heterocycles. The lowest BCUT2D eigenvalue weighted by Gasteiger charge is -2.11. The molecule has 0 aliphatic carbocycles. The molecule has 0 unspecified atom stereocenters. The summed E-state index contributed by atoms with van der Waals surface area (Å²) in [5, 5.41) is 4.52. The average Bonchev–Trinajstić information content (AvgIpc) is 2.55. The second kappa shape index (κ2) is 4.78. The molecule has 0 spiro atoms. The Hall–Kier alpha value is -3.00. The maximum atomic E-state index is 6.29. The zero-order chi connectivity index (χ0) is 15.1. The number of nitrogen functional groups attached to an aromatic ring is 2. The highest BCUT2D eigenvalue weighted by Gasteiger charge is 2.07. The first-order valence-corrected chi connectivity index (χ1v) is 7.29. The summed E-state index contributed by atoms with van der Waals surface area (Å²) < 4.78 is 0. The van der Waals surface area contributed by atoms with Crippen molar-refractivity contribution in [3.05, 3.63) is 72.8 Å². The largest absolute Gasteiger partial charge is 0.399 e. The summed E-state index contributed by atoms with van der Waals surface area (Å²) in [5.74, 6) is 0. The van der Waals surface area contributed by atoms with Gasteiger partial charge < -0.3 is 11.5 Å². The molecule has 106 valence electrons. The van der Waals surface area contributed by atoms with Crippen molar-refractivity contribution in [2.75, 3.05) is 11.5 Å². The second-order valence-electron chi connectivity index (χ2n) is 5.57. The molecule has 0 saturated carbocycles. The first-order valence-electron chi connectivity index (χ1n) is 7.29. The van der Waals surface area contributed by atoms with Gasteiger partial charge >= 0.3 is 0 Å². The summed E-state index contributed by atoms with van der Waals surface area (Å²) in [7, 11) is 0. The van der Waals surface area contributed by atoms with Crippen molar-refractivity contribution < 1.29 is 0 Å². The van der Waals surface area contributed by atoms with Crippen LogP contribution in [0.1, 0.15) is 0 Å². The fourth-order valence-corrected chi connectivity index (χ4v) is 3.01. The highest BCUT2D eigenvalue weighted by Crippen LogP contribution is 2.34. The number of hydrogen-bond donors (Lipinski definition) is 2. The zero-order valence-electron chi connectivity index (χ0n) is 12.1. The van der Waals surface area contributed by atoms with Crippen molar-refractivity contribution >= 4 is 32.9 Å². The summed E-state index contributed by atoms with van der Waals surface area (Å²) in [6.45, 7) is 0. The van der Waals surface area contributed by atoms with E-state index in [1.54, 1.807) is 0 Å². The van der Waals surface area contributed by atoms with Gasteiger partial charge in [0, 0.05) is 16.8 Å². The monoisotopic (exact) mass is 284 g/mol. The maximum Gasteiger partial charge on any atom is 0.0400 e. The van der Waals surface area contributed by atoms with Gasteiger partial charge in [-0.3, -0.25) is 0 Å². The first kappa shape index (κ1) is 12.7. The van der Waals surface area contributed by atoms with Crippen molar-refractivity contribution in [3.63, 3.8) is 0 Å². The molecule has 0 aromatic heterocycles. The smallest absolute Gasteiger partial charge is 0.0400 e. The summed E-state index contributed by atoms with van der Waals surface area (Å²) in [5.41, 5.74) is 16.1. The summed E-state index contributed by atoms with van der Waals surface area (Å²) in [6, 6.07) is 24.7. The molecule has 4 rings (SSSR count). The van der Waals surface area contributed by atoms with E-state index < -0.39 is 0 Å². The molecule has 0 aliphatic rings. The summed E-state index contributed by atoms with van der Waals surface area (Å²) in [4.78, 5) is 0. The molecule has 0 fully saturated rings. The van der Waals surface area contributed by atoms with Gasteiger partial charge in [0.1, 0.15) is 0 Å². The molecule has 4 aromatic rings. The van der Waals surface area contributed by atoms with E-state index in [9.17, 15) is 0 Å². The van der Waals surface area contributed by atoms with Crippen molar-refractivity contribution in [1.82, 2.24) is 0 Å². The highest BCUT2D eigenvalue weighted by atomic mass is 14.6. The molecular weight excluding hydrogens is 268 g/mol. The van der Waals surface area contributed by atoms with Crippen LogP contribution in [0.3, 0.4) is 0 Å². The normalized spacial score (nSPS) is 11.1. The molecule has 4 N–H and O–H groups in total. The Balaban J connectivity index is 2.11. The Bertz CT molecular complexity index is 989. The molecule has 0 atom stereocenters. The van der Waals surface area contributed by atoms with Gasteiger partial charge in [-0.15, -0.1) is 0 Å². The SMILES string of the molecule is Nc1ccc2ccc3c(N)cc(-c4ccccc4)cc3c2c1. The molecule has 4 aromatic carbocycles. The van der Waals surface area contributed by atoms with E-state index in [-0.39, 0.29) is 0 Å². The van der Waals surface area contributed by atoms with E-state index >= 15 is 0 Å². The van der Waals surface area contributed by atoms with Crippen LogP contribution in [0.5, 0.6) is 0 Å². The van der Waals surface area contributed by atoms with Gasteiger partial charge in [0.15, 0.2) is 0 Å². The van der Waals surface area contributed by atoms with Crippen LogP contribution >= 0.6 is 0 Å². The number of nitrogens with two attached hydrogens (primary N) is 2. The van der Waals surface area contributed by atoms with Gasteiger partial charge in [-0.2, -0.15) is 0 Å². The number of hydrogen-bond acceptors (Lipinski definition) is 2. The number of anilines is 2. The third-order valence-electron chi connectivity index (χ3n) is 4.12. The maximum absolute atomic E-state index is 6.29. The average molecular weight is 284 g/mol. The van der Waals surface area contributed by atoms with Crippen molar-refractivity contribution in [1.29, 1.82) is 0 Å². The Kier molecular flexibility index (Phi) is 2.76. The predicted molar refractivity (Wildman–Crippen MR) is 95.7 cm³/mol. The molecule has 0 saturated heterocycles. The quantitative estimate of drug-likeness (QED) is 0.389. The first-order chi connectivity index (χ1) is 10.7. The molecule has 2 heteroatoms. The lowest BCUT2D eigenvalue weighted by Crippen LogP contribution is -1.91. The van der Waals surface area contributed by atoms with Gasteiger partial charge in [-0.25, -0.2) is 0 Å². The molecule has 0 bridgehead atoms. The van der Waals surface area contributed by atoms with Crippen molar-refractivity contribution in [2.24, 2.45) is 0 Å². The van der Waals surface area contributed by atoms with Gasteiger partial charge in [-0.05, 0) is 51.6 Å². The third kappa shape index (κ3) is 1.97. The van der Waals surface area contributed by atoms with E-state index in [1.165, 1.54) is 5.39 Å². The Morgan fingerprint density at radius 2 is 1.32 bits per heavy atom. The minimum Gasteiger partial charge on any atom is -0.399 e. The van der Waals surface area contributed by atoms with Crippen LogP contribution in [0, 0.1) is 0 Å². The van der Waals surface area contributed by atoms with Crippen LogP contribution in [-0.4, -0.2) is 0 Å². The Morgan fingerprint density at radius 3 is 2.14 bits per heavy atom. The fraction of sp³-hybridized carbons (Fsp3) is 0. The predicted octanol–water partition coefficient (Wildman–Crippen LogP) is 4.82. The minimum absolute atomic E-state index is 0.767. The molecule has 0 radical (unpaired) electrons. The second-order valence-corrected chi connectivity index (χ2v) is 5.57. The van der Waals surface area contributed by atoms with Crippen LogP contribution in [-0.2, 0) is 0 Å². The van der Waals surface area contributed by atoms with Gasteiger partial charge in [0.05, 0.1) is 0 Å². The van der Waals surface area contributed by atoms with E-state index in [0.29, 0.717) is 0 Å². The van der Waals surface area contributed by atoms with Gasteiger partial charge in [0.2, 0.25) is 0 Å². The Labute approximate surface area is 129 Å². The lowest BCUT2D eigenvalue weighted by molar-refractivity contribution is 1.64. The van der Waals surface area contributed by atoms with E-state index in [1.807, 2.05) is 36.4 Å². The number of benzene rings is 4. The van der Waals surface area contributed by atoms with Crippen LogP contribution in [0.25, 0.3) is 32.7 Å². The number of fused-ring (bicyclic) bond motifs is 3. The van der Waals surface area contributed by atoms with Crippen LogP contribution in [0.2, 0.25) is 0 Å². The van der Waals surface area contributed by atoms with Crippen molar-refractivity contribution in [2.45, 2.75) is 0 Å². The third-order valence-corrected chi connectivity index (χ3v) is 4.12. The van der Waals surface area contributed by atoms with E-state index in [0.717, 1.165) is 38.7 Å². The van der Waals surface area contributed by atoms with E-state index in [4.69, 9.17) is 11.5 Å². The molecule has 2 nitrogen and oxygen atoms in total. The van der Waals surface area contributed by atoms with Crippen LogP contribution in [0.4, 0.5) is 11.4 Å². The van der Waals surface area contributed by atoms with Gasteiger partial charge in [0.25, 0.3) is 0 Å². The van der Waals surface area contributed by atoms with Crippen molar-refractivity contribution in [3.8, 4) is 11.1 Å². The lowest BCUT2D eigenvalue weighted by atomic mass is 9.96. The van der Waals surface area contributed by atoms with Crippen LogP contribution < -0.4 is 11.5 Å². The molecule has 22 heavy (non-hydrogen) atoms. The summed E-state index contributed by atoms with van der Waals surface area (Å²) in [6.07, 6.45) is 0. The molecule has 0 aliphatic heterocycles. The fourth-order valence-electron chi connectivity index (χ4n) is 3.01. The summed E-state index contributed by atoms with van der Waals surface area (Å²) >= 11 is 0. The van der Waals surface area contributed by atoms with Crippen LogP contribution in [0.15, 0.2) is 72.8 Å². The number of rotatable bonds is 1. The molecule has 0 amide bonds. The topological polar surface area (TPSA) is 52.0 Å². The van der Waals surface area contributed by atoms with Gasteiger partial charge in [-0.1, -0.05) is 48.5 Å². The Morgan fingerprint density at radius 1 is 0.545 bits per heavy atom.